The van der Waals surface area contributed by atoms with Crippen LogP contribution in [-0.2, 0) is 15.7 Å². The van der Waals surface area contributed by atoms with Crippen molar-refractivity contribution in [2.75, 3.05) is 0 Å². The molecule has 4 nitrogen and oxygen atoms in total. The highest BCUT2D eigenvalue weighted by Crippen LogP contribution is 2.37. The van der Waals surface area contributed by atoms with Gasteiger partial charge in [0.15, 0.2) is 0 Å². The maximum Gasteiger partial charge on any atom is 0.518 e. The van der Waals surface area contributed by atoms with Gasteiger partial charge in [0, 0.05) is 6.20 Å². The highest BCUT2D eigenvalue weighted by Gasteiger charge is 2.53. The van der Waals surface area contributed by atoms with Crippen molar-refractivity contribution in [1.82, 2.24) is 4.98 Å². The number of hydrogen-bond acceptors (Lipinski definition) is 4. The van der Waals surface area contributed by atoms with E-state index in [4.69, 9.17) is 14.0 Å². The van der Waals surface area contributed by atoms with Crippen molar-refractivity contribution < 1.29 is 14.0 Å². The third-order valence-corrected chi connectivity index (χ3v) is 4.64. The van der Waals surface area contributed by atoms with Gasteiger partial charge in [0.25, 0.3) is 0 Å². The molecule has 0 aromatic carbocycles. The van der Waals surface area contributed by atoms with Crippen molar-refractivity contribution in [1.29, 1.82) is 0 Å². The van der Waals surface area contributed by atoms with Crippen LogP contribution in [0.25, 0.3) is 0 Å². The molecule has 1 saturated heterocycles. The maximum absolute atomic E-state index is 6.10. The van der Waals surface area contributed by atoms with Crippen LogP contribution in [0.15, 0.2) is 12.3 Å². The van der Waals surface area contributed by atoms with Crippen molar-refractivity contribution in [3.63, 3.8) is 0 Å². The number of aryl methyl sites for hydroxylation is 1. The van der Waals surface area contributed by atoms with E-state index in [2.05, 4.69) is 45.7 Å². The van der Waals surface area contributed by atoms with Crippen LogP contribution in [-0.4, -0.2) is 29.4 Å². The Balaban J connectivity index is 1.91. The smallest absolute Gasteiger partial charge is 0.489 e. The van der Waals surface area contributed by atoms with Crippen LogP contribution in [0.4, 0.5) is 0 Å². The van der Waals surface area contributed by atoms with E-state index < -0.39 is 7.12 Å². The summed E-state index contributed by atoms with van der Waals surface area (Å²) in [5.74, 6) is 0.815. The second-order valence-electron chi connectivity index (χ2n) is 6.99. The lowest BCUT2D eigenvalue weighted by molar-refractivity contribution is 0.00578. The summed E-state index contributed by atoms with van der Waals surface area (Å²) in [6, 6.07) is 2.08. The molecule has 1 saturated carbocycles. The minimum absolute atomic E-state index is 0.333. The molecule has 0 atom stereocenters. The van der Waals surface area contributed by atoms with E-state index in [1.54, 1.807) is 0 Å². The molecule has 114 valence electrons. The predicted octanol–water partition coefficient (Wildman–Crippen LogP) is 2.48. The molecule has 1 aromatic rings. The molecule has 0 bridgehead atoms. The largest absolute Gasteiger partial charge is 0.518 e. The Labute approximate surface area is 127 Å². The lowest BCUT2D eigenvalue weighted by Crippen LogP contribution is -2.41. The first kappa shape index (κ1) is 14.9. The van der Waals surface area contributed by atoms with Crippen molar-refractivity contribution in [2.45, 2.75) is 71.2 Å². The zero-order valence-corrected chi connectivity index (χ0v) is 13.6. The second kappa shape index (κ2) is 4.99. The van der Waals surface area contributed by atoms with E-state index in [-0.39, 0.29) is 11.2 Å². The molecule has 1 aromatic heterocycles. The Morgan fingerprint density at radius 1 is 1.24 bits per heavy atom. The van der Waals surface area contributed by atoms with E-state index in [9.17, 15) is 0 Å². The van der Waals surface area contributed by atoms with Gasteiger partial charge in [0.2, 0.25) is 0 Å². The molecule has 0 spiro atoms. The van der Waals surface area contributed by atoms with Crippen LogP contribution >= 0.6 is 0 Å². The Kier molecular flexibility index (Phi) is 3.53. The molecular weight excluding hydrogens is 265 g/mol. The van der Waals surface area contributed by atoms with E-state index in [0.717, 1.165) is 30.6 Å². The molecule has 2 fully saturated rings. The third-order valence-electron chi connectivity index (χ3n) is 4.64. The molecule has 0 N–H and O–H groups in total. The number of ether oxygens (including phenoxy) is 1. The lowest BCUT2D eigenvalue weighted by Gasteiger charge is -2.32. The molecule has 2 aliphatic rings. The summed E-state index contributed by atoms with van der Waals surface area (Å²) in [5.41, 5.74) is 1.21. The first-order chi connectivity index (χ1) is 9.82. The maximum atomic E-state index is 6.10. The summed E-state index contributed by atoms with van der Waals surface area (Å²) in [4.78, 5) is 4.57. The van der Waals surface area contributed by atoms with Gasteiger partial charge in [-0.25, -0.2) is 0 Å². The van der Waals surface area contributed by atoms with Gasteiger partial charge in [-0.3, -0.25) is 4.98 Å². The molecule has 1 aliphatic heterocycles. The summed E-state index contributed by atoms with van der Waals surface area (Å²) in [5, 5.41) is 0. The first-order valence-electron chi connectivity index (χ1n) is 7.83. The normalized spacial score (nSPS) is 23.4. The SMILES string of the molecule is CCc1cnc(B2OC(C)(C)C(C)(C)O2)c(OC2CC2)c1. The standard InChI is InChI=1S/C16H24BNO3/c1-6-11-9-13(19-12-7-8-12)14(18-10-11)17-20-15(2,3)16(4,5)21-17/h9-10,12H,6-8H2,1-5H3. The van der Waals surface area contributed by atoms with Crippen LogP contribution in [0.2, 0.25) is 0 Å². The highest BCUT2D eigenvalue weighted by molar-refractivity contribution is 6.62. The summed E-state index contributed by atoms with van der Waals surface area (Å²) < 4.78 is 18.2. The van der Waals surface area contributed by atoms with Crippen LogP contribution in [0.5, 0.6) is 5.75 Å². The Morgan fingerprint density at radius 3 is 2.38 bits per heavy atom. The zero-order valence-electron chi connectivity index (χ0n) is 13.6. The molecule has 5 heteroatoms. The van der Waals surface area contributed by atoms with Gasteiger partial charge in [0.05, 0.1) is 17.3 Å². The molecule has 0 radical (unpaired) electrons. The van der Waals surface area contributed by atoms with Gasteiger partial charge in [0.1, 0.15) is 11.3 Å². The van der Waals surface area contributed by atoms with Gasteiger partial charge in [-0.2, -0.15) is 0 Å². The van der Waals surface area contributed by atoms with Crippen LogP contribution in [0.1, 0.15) is 53.0 Å². The third kappa shape index (κ3) is 2.81. The van der Waals surface area contributed by atoms with Crippen LogP contribution in [0.3, 0.4) is 0 Å². The van der Waals surface area contributed by atoms with Gasteiger partial charge >= 0.3 is 7.12 Å². The fraction of sp³-hybridized carbons (Fsp3) is 0.688. The Morgan fingerprint density at radius 2 is 1.86 bits per heavy atom. The van der Waals surface area contributed by atoms with Crippen molar-refractivity contribution in [2.24, 2.45) is 0 Å². The van der Waals surface area contributed by atoms with Gasteiger partial charge in [-0.05, 0) is 58.6 Å². The first-order valence-corrected chi connectivity index (χ1v) is 7.83. The summed E-state index contributed by atoms with van der Waals surface area (Å²) in [7, 11) is -0.463. The van der Waals surface area contributed by atoms with E-state index in [1.165, 1.54) is 5.56 Å². The second-order valence-corrected chi connectivity index (χ2v) is 6.99. The van der Waals surface area contributed by atoms with E-state index in [1.807, 2.05) is 6.20 Å². The van der Waals surface area contributed by atoms with Gasteiger partial charge in [-0.15, -0.1) is 0 Å². The number of hydrogen-bond donors (Lipinski definition) is 0. The fourth-order valence-electron chi connectivity index (χ4n) is 2.28. The summed E-state index contributed by atoms with van der Waals surface area (Å²) in [6.07, 6.45) is 5.41. The molecule has 21 heavy (non-hydrogen) atoms. The number of aromatic nitrogens is 1. The predicted molar refractivity (Wildman–Crippen MR) is 83.0 cm³/mol. The van der Waals surface area contributed by atoms with Crippen LogP contribution < -0.4 is 10.3 Å². The molecular formula is C16H24BNO3. The zero-order chi connectivity index (χ0) is 15.3. The van der Waals surface area contributed by atoms with E-state index >= 15 is 0 Å². The minimum Gasteiger partial charge on any atom is -0.489 e. The van der Waals surface area contributed by atoms with Crippen molar-refractivity contribution >= 4 is 12.7 Å². The number of nitrogens with zero attached hydrogens (tertiary/aromatic N) is 1. The molecule has 1 aliphatic carbocycles. The monoisotopic (exact) mass is 289 g/mol. The highest BCUT2D eigenvalue weighted by atomic mass is 16.7. The summed E-state index contributed by atoms with van der Waals surface area (Å²) >= 11 is 0. The van der Waals surface area contributed by atoms with Crippen molar-refractivity contribution in [3.8, 4) is 5.75 Å². The fourth-order valence-corrected chi connectivity index (χ4v) is 2.28. The number of rotatable bonds is 4. The molecule has 2 heterocycles. The Hall–Kier alpha value is -1.07. The quantitative estimate of drug-likeness (QED) is 0.798. The van der Waals surface area contributed by atoms with E-state index in [0.29, 0.717) is 6.10 Å². The van der Waals surface area contributed by atoms with Crippen LogP contribution in [0, 0.1) is 0 Å². The minimum atomic E-state index is -0.463. The van der Waals surface area contributed by atoms with Crippen molar-refractivity contribution in [3.05, 3.63) is 17.8 Å². The average molecular weight is 289 g/mol. The molecule has 0 amide bonds. The molecule has 3 rings (SSSR count). The number of pyridine rings is 1. The lowest BCUT2D eigenvalue weighted by atomic mass is 9.83. The average Bonchev–Trinajstić information content (AvgIpc) is 3.17. The summed E-state index contributed by atoms with van der Waals surface area (Å²) in [6.45, 7) is 10.3. The Bertz CT molecular complexity index is 524. The topological polar surface area (TPSA) is 40.6 Å². The molecule has 0 unspecified atom stereocenters. The van der Waals surface area contributed by atoms with Gasteiger partial charge < -0.3 is 14.0 Å². The van der Waals surface area contributed by atoms with Gasteiger partial charge in [-0.1, -0.05) is 6.92 Å².